The van der Waals surface area contributed by atoms with Crippen LogP contribution in [0.2, 0.25) is 0 Å². The molecule has 31 heavy (non-hydrogen) atoms. The predicted molar refractivity (Wildman–Crippen MR) is 101 cm³/mol. The molecule has 0 aliphatic carbocycles. The van der Waals surface area contributed by atoms with E-state index in [9.17, 15) is 26.4 Å². The van der Waals surface area contributed by atoms with Gasteiger partial charge in [0.05, 0.1) is 16.8 Å². The molecule has 0 fully saturated rings. The van der Waals surface area contributed by atoms with Crippen molar-refractivity contribution in [3.05, 3.63) is 83.4 Å². The first-order valence-corrected chi connectivity index (χ1v) is 9.95. The number of rotatable bonds is 5. The highest BCUT2D eigenvalue weighted by Crippen LogP contribution is 2.28. The van der Waals surface area contributed by atoms with Gasteiger partial charge in [0.25, 0.3) is 10.0 Å². The van der Waals surface area contributed by atoms with Crippen LogP contribution in [0.3, 0.4) is 0 Å². The zero-order chi connectivity index (χ0) is 22.3. The average molecular weight is 450 g/mol. The highest BCUT2D eigenvalue weighted by atomic mass is 32.2. The molecule has 0 aliphatic rings. The van der Waals surface area contributed by atoms with Crippen LogP contribution in [0.25, 0.3) is 11.0 Å². The van der Waals surface area contributed by atoms with Crippen molar-refractivity contribution >= 4 is 32.5 Å². The second-order valence-corrected chi connectivity index (χ2v) is 7.93. The van der Waals surface area contributed by atoms with Crippen LogP contribution in [-0.4, -0.2) is 29.2 Å². The van der Waals surface area contributed by atoms with Gasteiger partial charge in [0.1, 0.15) is 34.3 Å². The minimum absolute atomic E-state index is 0.149. The summed E-state index contributed by atoms with van der Waals surface area (Å²) in [5, 5.41) is 0.194. The number of hydrogen-bond donors (Lipinski definition) is 2. The van der Waals surface area contributed by atoms with Crippen LogP contribution in [0.5, 0.6) is 0 Å². The molecule has 12 heteroatoms. The van der Waals surface area contributed by atoms with E-state index in [1.54, 1.807) is 4.72 Å². The van der Waals surface area contributed by atoms with E-state index in [1.165, 1.54) is 18.7 Å². The van der Waals surface area contributed by atoms with Crippen molar-refractivity contribution in [2.45, 2.75) is 4.90 Å². The highest BCUT2D eigenvalue weighted by molar-refractivity contribution is 7.92. The van der Waals surface area contributed by atoms with Gasteiger partial charge >= 0.3 is 0 Å². The lowest BCUT2D eigenvalue weighted by atomic mass is 10.0. The number of halogens is 4. The Morgan fingerprint density at radius 1 is 1.03 bits per heavy atom. The van der Waals surface area contributed by atoms with Gasteiger partial charge in [-0.3, -0.25) is 9.52 Å². The highest BCUT2D eigenvalue weighted by Gasteiger charge is 2.27. The first-order valence-electron chi connectivity index (χ1n) is 8.46. The van der Waals surface area contributed by atoms with Gasteiger partial charge in [0.2, 0.25) is 5.78 Å². The fourth-order valence-corrected chi connectivity index (χ4v) is 4.05. The molecular formula is C19H10F4N4O3S. The number of carbonyl (C=O) groups excluding carboxylic acids is 1. The maximum Gasteiger partial charge on any atom is 0.265 e. The Bertz CT molecular complexity index is 1450. The first kappa shape index (κ1) is 20.5. The Hall–Kier alpha value is -3.80. The summed E-state index contributed by atoms with van der Waals surface area (Å²) in [5.41, 5.74) is -1.78. The first-order chi connectivity index (χ1) is 14.7. The molecule has 0 spiro atoms. The number of hydrogen-bond acceptors (Lipinski definition) is 5. The molecule has 7 nitrogen and oxygen atoms in total. The molecule has 2 aromatic heterocycles. The summed E-state index contributed by atoms with van der Waals surface area (Å²) in [7, 11) is -4.80. The molecule has 158 valence electrons. The number of H-pyrrole nitrogens is 1. The van der Waals surface area contributed by atoms with Crippen LogP contribution in [0.15, 0.2) is 53.9 Å². The van der Waals surface area contributed by atoms with Crippen molar-refractivity contribution in [3.8, 4) is 0 Å². The summed E-state index contributed by atoms with van der Waals surface area (Å²) in [4.78, 5) is 22.0. The Balaban J connectivity index is 1.78. The molecule has 0 atom stereocenters. The van der Waals surface area contributed by atoms with Crippen molar-refractivity contribution in [2.24, 2.45) is 0 Å². The van der Waals surface area contributed by atoms with Crippen molar-refractivity contribution in [3.63, 3.8) is 0 Å². The van der Waals surface area contributed by atoms with E-state index in [1.807, 2.05) is 0 Å². The van der Waals surface area contributed by atoms with Gasteiger partial charge in [-0.25, -0.2) is 35.9 Å². The van der Waals surface area contributed by atoms with Gasteiger partial charge in [0, 0.05) is 17.8 Å². The van der Waals surface area contributed by atoms with E-state index >= 15 is 4.39 Å². The van der Waals surface area contributed by atoms with Gasteiger partial charge in [-0.1, -0.05) is 0 Å². The van der Waals surface area contributed by atoms with Gasteiger partial charge in [-0.2, -0.15) is 0 Å². The molecule has 2 N–H and O–H groups in total. The molecule has 0 amide bonds. The number of benzene rings is 2. The summed E-state index contributed by atoms with van der Waals surface area (Å²) >= 11 is 0. The number of aromatic nitrogens is 3. The Kier molecular flexibility index (Phi) is 4.93. The lowest BCUT2D eigenvalue weighted by Gasteiger charge is -2.12. The number of nitrogens with zero attached hydrogens (tertiary/aromatic N) is 2. The minimum atomic E-state index is -4.80. The summed E-state index contributed by atoms with van der Waals surface area (Å²) in [6.45, 7) is 0. The molecule has 0 unspecified atom stereocenters. The van der Waals surface area contributed by atoms with Crippen molar-refractivity contribution in [1.82, 2.24) is 15.0 Å². The van der Waals surface area contributed by atoms with Gasteiger partial charge in [-0.15, -0.1) is 0 Å². The standard InChI is InChI=1S/C19H10F4N4O3S/c20-9-1-2-12(21)15(5-9)31(29,30)27-14-4-3-13(22)16(17(14)23)18(28)10-7-25-19-11(10)6-24-8-26-19/h1-8,27H,(H,24,25,26). The minimum Gasteiger partial charge on any atom is -0.345 e. The SMILES string of the molecule is O=C(c1c(F)ccc(NS(=O)(=O)c2cc(F)ccc2F)c1F)c1c[nH]c2ncncc12. The number of nitrogens with one attached hydrogen (secondary N) is 2. The zero-order valence-electron chi connectivity index (χ0n) is 15.2. The van der Waals surface area contributed by atoms with E-state index < -0.39 is 55.2 Å². The van der Waals surface area contributed by atoms with Gasteiger partial charge in [-0.05, 0) is 30.3 Å². The number of anilines is 1. The second kappa shape index (κ2) is 7.47. The Labute approximate surface area is 171 Å². The monoisotopic (exact) mass is 450 g/mol. The summed E-state index contributed by atoms with van der Waals surface area (Å²) < 4.78 is 83.1. The second-order valence-electron chi connectivity index (χ2n) is 6.28. The van der Waals surface area contributed by atoms with Crippen LogP contribution in [-0.2, 0) is 10.0 Å². The Morgan fingerprint density at radius 2 is 1.77 bits per heavy atom. The van der Waals surface area contributed by atoms with Crippen LogP contribution >= 0.6 is 0 Å². The molecule has 0 radical (unpaired) electrons. The van der Waals surface area contributed by atoms with Crippen LogP contribution in [0.4, 0.5) is 23.2 Å². The third-order valence-corrected chi connectivity index (χ3v) is 5.73. The number of aromatic amines is 1. The number of sulfonamides is 1. The average Bonchev–Trinajstić information content (AvgIpc) is 3.16. The predicted octanol–water partition coefficient (Wildman–Crippen LogP) is 3.55. The molecule has 0 saturated carbocycles. The van der Waals surface area contributed by atoms with Crippen molar-refractivity contribution in [2.75, 3.05) is 4.72 Å². The zero-order valence-corrected chi connectivity index (χ0v) is 16.0. The maximum atomic E-state index is 15.0. The van der Waals surface area contributed by atoms with E-state index in [-0.39, 0.29) is 16.6 Å². The molecule has 0 aliphatic heterocycles. The molecule has 2 heterocycles. The smallest absolute Gasteiger partial charge is 0.265 e. The number of ketones is 1. The summed E-state index contributed by atoms with van der Waals surface area (Å²) in [6.07, 6.45) is 3.65. The van der Waals surface area contributed by atoms with E-state index in [0.29, 0.717) is 30.3 Å². The lowest BCUT2D eigenvalue weighted by Crippen LogP contribution is -2.17. The molecule has 0 bridgehead atoms. The van der Waals surface area contributed by atoms with Crippen LogP contribution in [0, 0.1) is 23.3 Å². The van der Waals surface area contributed by atoms with Gasteiger partial charge < -0.3 is 4.98 Å². The van der Waals surface area contributed by atoms with E-state index in [2.05, 4.69) is 15.0 Å². The van der Waals surface area contributed by atoms with Crippen LogP contribution in [0.1, 0.15) is 15.9 Å². The lowest BCUT2D eigenvalue weighted by molar-refractivity contribution is 0.103. The number of carbonyl (C=O) groups is 1. The number of fused-ring (bicyclic) bond motifs is 1. The quantitative estimate of drug-likeness (QED) is 0.358. The molecule has 4 aromatic rings. The van der Waals surface area contributed by atoms with Crippen molar-refractivity contribution in [1.29, 1.82) is 0 Å². The maximum absolute atomic E-state index is 15.0. The summed E-state index contributed by atoms with van der Waals surface area (Å²) in [6, 6.07) is 3.07. The molecule has 2 aromatic carbocycles. The van der Waals surface area contributed by atoms with E-state index in [4.69, 9.17) is 0 Å². The normalized spacial score (nSPS) is 11.6. The molecule has 0 saturated heterocycles. The fourth-order valence-electron chi connectivity index (χ4n) is 2.90. The van der Waals surface area contributed by atoms with Crippen LogP contribution < -0.4 is 4.72 Å². The summed E-state index contributed by atoms with van der Waals surface area (Å²) in [5.74, 6) is -6.22. The van der Waals surface area contributed by atoms with Crippen molar-refractivity contribution < 1.29 is 30.8 Å². The third-order valence-electron chi connectivity index (χ3n) is 4.35. The van der Waals surface area contributed by atoms with E-state index in [0.717, 1.165) is 0 Å². The molecular weight excluding hydrogens is 440 g/mol. The topological polar surface area (TPSA) is 105 Å². The Morgan fingerprint density at radius 3 is 2.55 bits per heavy atom. The van der Waals surface area contributed by atoms with Gasteiger partial charge in [0.15, 0.2) is 5.82 Å². The molecule has 4 rings (SSSR count). The fraction of sp³-hybridized carbons (Fsp3) is 0. The largest absolute Gasteiger partial charge is 0.345 e. The third kappa shape index (κ3) is 3.61.